The number of anilines is 1. The van der Waals surface area contributed by atoms with E-state index in [0.717, 1.165) is 18.1 Å². The lowest BCUT2D eigenvalue weighted by Gasteiger charge is -2.14. The summed E-state index contributed by atoms with van der Waals surface area (Å²) in [5, 5.41) is 7.44. The molecule has 0 unspecified atom stereocenters. The van der Waals surface area contributed by atoms with Gasteiger partial charge in [-0.3, -0.25) is 4.68 Å². The largest absolute Gasteiger partial charge is 0.366 e. The molecule has 2 aromatic rings. The predicted octanol–water partition coefficient (Wildman–Crippen LogP) is 0.632. The molecule has 1 atom stereocenters. The van der Waals surface area contributed by atoms with E-state index < -0.39 is 0 Å². The number of nitrogens with one attached hydrogen (secondary N) is 1. The lowest BCUT2D eigenvalue weighted by Crippen LogP contribution is -2.23. The Morgan fingerprint density at radius 1 is 1.47 bits per heavy atom. The normalized spacial score (nSPS) is 12.4. The Kier molecular flexibility index (Phi) is 3.66. The number of nitrogens with two attached hydrogens (primary N) is 1. The summed E-state index contributed by atoms with van der Waals surface area (Å²) in [6.07, 6.45) is 5.22. The molecule has 2 aromatic heterocycles. The first-order chi connectivity index (χ1) is 8.28. The second-order valence-electron chi connectivity index (χ2n) is 3.87. The summed E-state index contributed by atoms with van der Waals surface area (Å²) in [4.78, 5) is 8.20. The van der Waals surface area contributed by atoms with Crippen LogP contribution in [0.25, 0.3) is 0 Å². The van der Waals surface area contributed by atoms with Crippen LogP contribution in [0.15, 0.2) is 30.9 Å². The molecular formula is C11H16N6. The van der Waals surface area contributed by atoms with Gasteiger partial charge in [0.2, 0.25) is 0 Å². The molecule has 0 saturated carbocycles. The number of hydrogen-bond acceptors (Lipinski definition) is 5. The maximum absolute atomic E-state index is 5.53. The van der Waals surface area contributed by atoms with Crippen LogP contribution in [0.5, 0.6) is 0 Å². The average molecular weight is 232 g/mol. The minimum atomic E-state index is 0.232. The van der Waals surface area contributed by atoms with E-state index in [2.05, 4.69) is 27.3 Å². The second kappa shape index (κ2) is 5.40. The van der Waals surface area contributed by atoms with Gasteiger partial charge in [-0.15, -0.1) is 0 Å². The van der Waals surface area contributed by atoms with E-state index in [9.17, 15) is 0 Å². The zero-order valence-electron chi connectivity index (χ0n) is 9.74. The molecule has 17 heavy (non-hydrogen) atoms. The molecule has 0 aliphatic carbocycles. The van der Waals surface area contributed by atoms with Crippen LogP contribution < -0.4 is 11.1 Å². The van der Waals surface area contributed by atoms with Gasteiger partial charge in [0.05, 0.1) is 12.2 Å². The van der Waals surface area contributed by atoms with Gasteiger partial charge in [0.25, 0.3) is 0 Å². The van der Waals surface area contributed by atoms with Crippen molar-refractivity contribution in [2.45, 2.75) is 26.1 Å². The van der Waals surface area contributed by atoms with Crippen molar-refractivity contribution in [2.75, 3.05) is 5.32 Å². The summed E-state index contributed by atoms with van der Waals surface area (Å²) >= 11 is 0. The van der Waals surface area contributed by atoms with Gasteiger partial charge in [-0.2, -0.15) is 5.10 Å². The van der Waals surface area contributed by atoms with Crippen molar-refractivity contribution in [1.29, 1.82) is 0 Å². The standard InChI is InChI=1S/C11H16N6/c1-9(7-17-4-2-3-15-17)16-11-5-10(6-12)13-8-14-11/h2-5,8-9H,6-7,12H2,1H3,(H,13,14,16)/t9-/m0/s1. The fourth-order valence-electron chi connectivity index (χ4n) is 1.58. The van der Waals surface area contributed by atoms with Crippen LogP contribution in [0.2, 0.25) is 0 Å². The lowest BCUT2D eigenvalue weighted by atomic mass is 10.3. The smallest absolute Gasteiger partial charge is 0.129 e. The Bertz CT molecular complexity index is 453. The second-order valence-corrected chi connectivity index (χ2v) is 3.87. The molecule has 3 N–H and O–H groups in total. The van der Waals surface area contributed by atoms with E-state index >= 15 is 0 Å². The molecule has 0 amide bonds. The SMILES string of the molecule is C[C@@H](Cn1cccn1)Nc1cc(CN)ncn1. The van der Waals surface area contributed by atoms with Crippen LogP contribution in [0, 0.1) is 0 Å². The van der Waals surface area contributed by atoms with Crippen molar-refractivity contribution in [3.05, 3.63) is 36.5 Å². The lowest BCUT2D eigenvalue weighted by molar-refractivity contribution is 0.559. The molecule has 0 aromatic carbocycles. The van der Waals surface area contributed by atoms with E-state index in [0.29, 0.717) is 6.54 Å². The summed E-state index contributed by atoms with van der Waals surface area (Å²) in [7, 11) is 0. The molecule has 6 nitrogen and oxygen atoms in total. The van der Waals surface area contributed by atoms with Crippen molar-refractivity contribution in [2.24, 2.45) is 5.73 Å². The van der Waals surface area contributed by atoms with Gasteiger partial charge < -0.3 is 11.1 Å². The van der Waals surface area contributed by atoms with Crippen LogP contribution in [-0.2, 0) is 13.1 Å². The van der Waals surface area contributed by atoms with Crippen LogP contribution in [0.1, 0.15) is 12.6 Å². The van der Waals surface area contributed by atoms with E-state index in [4.69, 9.17) is 5.73 Å². The van der Waals surface area contributed by atoms with Gasteiger partial charge in [-0.25, -0.2) is 9.97 Å². The third-order valence-electron chi connectivity index (χ3n) is 2.35. The summed E-state index contributed by atoms with van der Waals surface area (Å²) in [5.74, 6) is 0.792. The summed E-state index contributed by atoms with van der Waals surface area (Å²) in [5.41, 5.74) is 6.35. The first-order valence-corrected chi connectivity index (χ1v) is 5.53. The molecule has 0 saturated heterocycles. The quantitative estimate of drug-likeness (QED) is 0.790. The van der Waals surface area contributed by atoms with Gasteiger partial charge in [-0.05, 0) is 13.0 Å². The van der Waals surface area contributed by atoms with E-state index in [1.807, 2.05) is 23.0 Å². The highest BCUT2D eigenvalue weighted by Crippen LogP contribution is 2.06. The highest BCUT2D eigenvalue weighted by Gasteiger charge is 2.04. The van der Waals surface area contributed by atoms with Crippen molar-refractivity contribution in [3.63, 3.8) is 0 Å². The minimum Gasteiger partial charge on any atom is -0.366 e. The van der Waals surface area contributed by atoms with Gasteiger partial charge in [-0.1, -0.05) is 0 Å². The molecule has 0 bridgehead atoms. The van der Waals surface area contributed by atoms with Gasteiger partial charge in [0.15, 0.2) is 0 Å². The minimum absolute atomic E-state index is 0.232. The fourth-order valence-corrected chi connectivity index (χ4v) is 1.58. The number of rotatable bonds is 5. The van der Waals surface area contributed by atoms with Gasteiger partial charge >= 0.3 is 0 Å². The first kappa shape index (κ1) is 11.5. The molecule has 6 heteroatoms. The summed E-state index contributed by atoms with van der Waals surface area (Å²) in [6, 6.07) is 4.00. The Morgan fingerprint density at radius 2 is 2.35 bits per heavy atom. The number of hydrogen-bond donors (Lipinski definition) is 2. The summed E-state index contributed by atoms with van der Waals surface area (Å²) in [6.45, 7) is 3.28. The summed E-state index contributed by atoms with van der Waals surface area (Å²) < 4.78 is 1.88. The van der Waals surface area contributed by atoms with E-state index in [-0.39, 0.29) is 6.04 Å². The maximum Gasteiger partial charge on any atom is 0.129 e. The Hall–Kier alpha value is -1.95. The van der Waals surface area contributed by atoms with Crippen LogP contribution in [0.4, 0.5) is 5.82 Å². The fraction of sp³-hybridized carbons (Fsp3) is 0.364. The monoisotopic (exact) mass is 232 g/mol. The Balaban J connectivity index is 1.95. The van der Waals surface area contributed by atoms with E-state index in [1.54, 1.807) is 6.20 Å². The first-order valence-electron chi connectivity index (χ1n) is 5.53. The molecule has 0 fully saturated rings. The van der Waals surface area contributed by atoms with Crippen molar-refractivity contribution >= 4 is 5.82 Å². The van der Waals surface area contributed by atoms with Crippen LogP contribution in [0.3, 0.4) is 0 Å². The number of aromatic nitrogens is 4. The van der Waals surface area contributed by atoms with Gasteiger partial charge in [0, 0.05) is 31.0 Å². The third kappa shape index (κ3) is 3.25. The zero-order chi connectivity index (χ0) is 12.1. The molecule has 0 aliphatic heterocycles. The molecule has 2 heterocycles. The van der Waals surface area contributed by atoms with Crippen molar-refractivity contribution in [1.82, 2.24) is 19.7 Å². The highest BCUT2D eigenvalue weighted by molar-refractivity contribution is 5.35. The predicted molar refractivity (Wildman–Crippen MR) is 65.2 cm³/mol. The average Bonchev–Trinajstić information content (AvgIpc) is 2.82. The maximum atomic E-state index is 5.53. The molecule has 2 rings (SSSR count). The third-order valence-corrected chi connectivity index (χ3v) is 2.35. The van der Waals surface area contributed by atoms with Gasteiger partial charge in [0.1, 0.15) is 12.1 Å². The number of nitrogens with zero attached hydrogens (tertiary/aromatic N) is 4. The van der Waals surface area contributed by atoms with E-state index in [1.165, 1.54) is 6.33 Å². The Labute approximate surface area is 99.9 Å². The van der Waals surface area contributed by atoms with Crippen LogP contribution in [-0.4, -0.2) is 25.8 Å². The molecule has 0 aliphatic rings. The Morgan fingerprint density at radius 3 is 3.06 bits per heavy atom. The van der Waals surface area contributed by atoms with Crippen molar-refractivity contribution in [3.8, 4) is 0 Å². The molecule has 0 spiro atoms. The van der Waals surface area contributed by atoms with Crippen molar-refractivity contribution < 1.29 is 0 Å². The highest BCUT2D eigenvalue weighted by atomic mass is 15.3. The zero-order valence-corrected chi connectivity index (χ0v) is 9.74. The molecular weight excluding hydrogens is 216 g/mol. The molecule has 0 radical (unpaired) electrons. The van der Waals surface area contributed by atoms with Crippen LogP contribution >= 0.6 is 0 Å². The topological polar surface area (TPSA) is 81.7 Å². The molecule has 90 valence electrons.